The van der Waals surface area contributed by atoms with Crippen LogP contribution in [0, 0.1) is 0 Å². The van der Waals surface area contributed by atoms with Crippen LogP contribution < -0.4 is 0 Å². The van der Waals surface area contributed by atoms with E-state index in [4.69, 9.17) is 0 Å². The highest BCUT2D eigenvalue weighted by atomic mass is 79.9. The molecule has 0 nitrogen and oxygen atoms in total. The molecule has 0 aliphatic carbocycles. The number of rotatable bonds is 1. The van der Waals surface area contributed by atoms with Gasteiger partial charge in [-0.05, 0) is 33.3 Å². The molecule has 1 heteroatoms. The average molecular weight is 189 g/mol. The van der Waals surface area contributed by atoms with E-state index in [1.165, 1.54) is 15.6 Å². The van der Waals surface area contributed by atoms with Crippen LogP contribution in [0.2, 0.25) is 0 Å². The van der Waals surface area contributed by atoms with Crippen molar-refractivity contribution in [2.24, 2.45) is 0 Å². The lowest BCUT2D eigenvalue weighted by atomic mass is 10.2. The summed E-state index contributed by atoms with van der Waals surface area (Å²) in [6, 6.07) is 0. The molecule has 0 radical (unpaired) electrons. The minimum absolute atomic E-state index is 1.23. The summed E-state index contributed by atoms with van der Waals surface area (Å²) in [5.74, 6) is 0. The van der Waals surface area contributed by atoms with Gasteiger partial charge in [0.15, 0.2) is 0 Å². The summed E-state index contributed by atoms with van der Waals surface area (Å²) >= 11 is 3.48. The van der Waals surface area contributed by atoms with Crippen molar-refractivity contribution < 1.29 is 0 Å². The van der Waals surface area contributed by atoms with Gasteiger partial charge in [-0.15, -0.1) is 0 Å². The third kappa shape index (κ3) is 2.85. The van der Waals surface area contributed by atoms with Crippen LogP contribution in [-0.4, -0.2) is 0 Å². The van der Waals surface area contributed by atoms with E-state index in [1.54, 1.807) is 0 Å². The van der Waals surface area contributed by atoms with Gasteiger partial charge < -0.3 is 0 Å². The molecular formula is C8H13Br. The predicted octanol–water partition coefficient (Wildman–Crippen LogP) is 3.64. The molecule has 0 aromatic rings. The fourth-order valence-electron chi connectivity index (χ4n) is 0.521. The molecule has 0 atom stereocenters. The van der Waals surface area contributed by atoms with Crippen molar-refractivity contribution >= 4 is 15.9 Å². The Morgan fingerprint density at radius 3 is 1.78 bits per heavy atom. The Kier molecular flexibility index (Phi) is 3.87. The van der Waals surface area contributed by atoms with E-state index in [0.717, 1.165) is 0 Å². The van der Waals surface area contributed by atoms with E-state index in [9.17, 15) is 0 Å². The van der Waals surface area contributed by atoms with Crippen molar-refractivity contribution in [3.8, 4) is 0 Å². The van der Waals surface area contributed by atoms with Crippen molar-refractivity contribution in [3.63, 3.8) is 0 Å². The summed E-state index contributed by atoms with van der Waals surface area (Å²) in [7, 11) is 0. The highest BCUT2D eigenvalue weighted by Gasteiger charge is 1.93. The highest BCUT2D eigenvalue weighted by Crippen LogP contribution is 2.19. The largest absolute Gasteiger partial charge is 0.0836 e. The minimum atomic E-state index is 1.23. The Labute approximate surface area is 65.8 Å². The number of allylic oxidation sites excluding steroid dienone is 4. The normalized spacial score (nSPS) is 11.4. The van der Waals surface area contributed by atoms with Gasteiger partial charge in [0.2, 0.25) is 0 Å². The zero-order chi connectivity index (χ0) is 7.44. The second-order valence-electron chi connectivity index (χ2n) is 2.29. The molecule has 0 rings (SSSR count). The molecule has 0 amide bonds. The van der Waals surface area contributed by atoms with Crippen LogP contribution in [0.3, 0.4) is 0 Å². The zero-order valence-electron chi connectivity index (χ0n) is 6.46. The van der Waals surface area contributed by atoms with Crippen LogP contribution in [0.15, 0.2) is 21.7 Å². The Bertz CT molecular complexity index is 148. The molecule has 0 fully saturated rings. The Morgan fingerprint density at radius 2 is 1.67 bits per heavy atom. The predicted molar refractivity (Wildman–Crippen MR) is 46.7 cm³/mol. The lowest BCUT2D eigenvalue weighted by Gasteiger charge is -1.99. The molecule has 0 aliphatic heterocycles. The summed E-state index contributed by atoms with van der Waals surface area (Å²) < 4.78 is 1.23. The molecule has 0 unspecified atom stereocenters. The third-order valence-corrected chi connectivity index (χ3v) is 2.64. The monoisotopic (exact) mass is 188 g/mol. The first kappa shape index (κ1) is 8.96. The molecule has 52 valence electrons. The Morgan fingerprint density at radius 1 is 1.22 bits per heavy atom. The maximum absolute atomic E-state index is 3.48. The molecule has 0 aromatic heterocycles. The first-order valence-corrected chi connectivity index (χ1v) is 3.85. The van der Waals surface area contributed by atoms with Gasteiger partial charge in [-0.2, -0.15) is 0 Å². The van der Waals surface area contributed by atoms with E-state index >= 15 is 0 Å². The topological polar surface area (TPSA) is 0 Å². The molecule has 0 heterocycles. The standard InChI is InChI=1S/C8H13Br/c1-5-7(4)8(9)6(2)3/h5H,1-4H3. The molecule has 0 saturated heterocycles. The van der Waals surface area contributed by atoms with Crippen molar-refractivity contribution in [1.82, 2.24) is 0 Å². The Balaban J connectivity index is 4.40. The SMILES string of the molecule is CC=C(C)C(Br)=C(C)C. The summed E-state index contributed by atoms with van der Waals surface area (Å²) in [5.41, 5.74) is 2.63. The summed E-state index contributed by atoms with van der Waals surface area (Å²) in [6.45, 7) is 8.32. The average Bonchev–Trinajstić information content (AvgIpc) is 1.84. The van der Waals surface area contributed by atoms with Gasteiger partial charge in [-0.3, -0.25) is 0 Å². The van der Waals surface area contributed by atoms with Gasteiger partial charge in [0.25, 0.3) is 0 Å². The number of hydrogen-bond acceptors (Lipinski definition) is 0. The van der Waals surface area contributed by atoms with E-state index in [1.807, 2.05) is 6.92 Å². The molecule has 0 N–H and O–H groups in total. The quantitative estimate of drug-likeness (QED) is 0.552. The van der Waals surface area contributed by atoms with Crippen LogP contribution in [0.4, 0.5) is 0 Å². The summed E-state index contributed by atoms with van der Waals surface area (Å²) in [6.07, 6.45) is 2.09. The van der Waals surface area contributed by atoms with Crippen LogP contribution in [0.5, 0.6) is 0 Å². The van der Waals surface area contributed by atoms with Crippen LogP contribution in [-0.2, 0) is 0 Å². The maximum atomic E-state index is 3.48. The van der Waals surface area contributed by atoms with E-state index in [2.05, 4.69) is 42.8 Å². The highest BCUT2D eigenvalue weighted by molar-refractivity contribution is 9.12. The van der Waals surface area contributed by atoms with Crippen molar-refractivity contribution in [2.45, 2.75) is 27.7 Å². The Hall–Kier alpha value is -0.0400. The maximum Gasteiger partial charge on any atom is 0.0187 e. The second-order valence-corrected chi connectivity index (χ2v) is 3.08. The van der Waals surface area contributed by atoms with Gasteiger partial charge >= 0.3 is 0 Å². The van der Waals surface area contributed by atoms with Crippen LogP contribution in [0.1, 0.15) is 27.7 Å². The van der Waals surface area contributed by atoms with Crippen molar-refractivity contribution in [2.75, 3.05) is 0 Å². The first-order chi connectivity index (χ1) is 4.09. The zero-order valence-corrected chi connectivity index (χ0v) is 8.04. The van der Waals surface area contributed by atoms with Crippen molar-refractivity contribution in [1.29, 1.82) is 0 Å². The smallest absolute Gasteiger partial charge is 0.0187 e. The lowest BCUT2D eigenvalue weighted by Crippen LogP contribution is -1.76. The molecule has 0 bridgehead atoms. The van der Waals surface area contributed by atoms with Gasteiger partial charge in [0.05, 0.1) is 0 Å². The molecule has 0 spiro atoms. The molecule has 0 aromatic carbocycles. The van der Waals surface area contributed by atoms with Gasteiger partial charge in [0, 0.05) is 4.48 Å². The molecular weight excluding hydrogens is 176 g/mol. The molecule has 9 heavy (non-hydrogen) atoms. The molecule has 0 saturated carbocycles. The summed E-state index contributed by atoms with van der Waals surface area (Å²) in [4.78, 5) is 0. The van der Waals surface area contributed by atoms with Crippen LogP contribution >= 0.6 is 15.9 Å². The molecule has 0 aliphatic rings. The van der Waals surface area contributed by atoms with Crippen LogP contribution in [0.25, 0.3) is 0 Å². The van der Waals surface area contributed by atoms with E-state index in [-0.39, 0.29) is 0 Å². The summed E-state index contributed by atoms with van der Waals surface area (Å²) in [5, 5.41) is 0. The van der Waals surface area contributed by atoms with Gasteiger partial charge in [-0.25, -0.2) is 0 Å². The lowest BCUT2D eigenvalue weighted by molar-refractivity contribution is 1.33. The van der Waals surface area contributed by atoms with Gasteiger partial charge in [-0.1, -0.05) is 27.6 Å². The third-order valence-electron chi connectivity index (χ3n) is 1.22. The second kappa shape index (κ2) is 3.89. The first-order valence-electron chi connectivity index (χ1n) is 3.06. The van der Waals surface area contributed by atoms with E-state index < -0.39 is 0 Å². The van der Waals surface area contributed by atoms with E-state index in [0.29, 0.717) is 0 Å². The number of halogens is 1. The fraction of sp³-hybridized carbons (Fsp3) is 0.500. The number of hydrogen-bond donors (Lipinski definition) is 0. The van der Waals surface area contributed by atoms with Crippen molar-refractivity contribution in [3.05, 3.63) is 21.7 Å². The fourth-order valence-corrected chi connectivity index (χ4v) is 0.750. The minimum Gasteiger partial charge on any atom is -0.0836 e. The van der Waals surface area contributed by atoms with Gasteiger partial charge in [0.1, 0.15) is 0 Å².